The quantitative estimate of drug-likeness (QED) is 0.822. The first-order valence-electron chi connectivity index (χ1n) is 6.37. The lowest BCUT2D eigenvalue weighted by atomic mass is 10.1. The third kappa shape index (κ3) is 4.43. The van der Waals surface area contributed by atoms with Crippen molar-refractivity contribution in [3.05, 3.63) is 24.5 Å². The van der Waals surface area contributed by atoms with Gasteiger partial charge in [0.1, 0.15) is 0 Å². The van der Waals surface area contributed by atoms with E-state index >= 15 is 0 Å². The smallest absolute Gasteiger partial charge is 0.226 e. The summed E-state index contributed by atoms with van der Waals surface area (Å²) in [6.07, 6.45) is 6.06. The maximum absolute atomic E-state index is 11.6. The predicted molar refractivity (Wildman–Crippen MR) is 69.3 cm³/mol. The molecule has 0 spiro atoms. The summed E-state index contributed by atoms with van der Waals surface area (Å²) in [6.45, 7) is 2.50. The Bertz CT molecular complexity index is 364. The summed E-state index contributed by atoms with van der Waals surface area (Å²) in [4.78, 5) is 15.6. The largest absolute Gasteiger partial charge is 0.378 e. The average molecular weight is 249 g/mol. The molecule has 1 aliphatic rings. The number of rotatable bonds is 5. The summed E-state index contributed by atoms with van der Waals surface area (Å²) in [5, 5.41) is 6.07. The fourth-order valence-electron chi connectivity index (χ4n) is 1.94. The van der Waals surface area contributed by atoms with E-state index in [0.29, 0.717) is 19.1 Å². The molecule has 1 aliphatic heterocycles. The van der Waals surface area contributed by atoms with E-state index in [0.717, 1.165) is 31.6 Å². The van der Waals surface area contributed by atoms with E-state index in [1.54, 1.807) is 18.5 Å². The number of piperidine rings is 1. The van der Waals surface area contributed by atoms with E-state index in [2.05, 4.69) is 15.6 Å². The lowest BCUT2D eigenvalue weighted by Gasteiger charge is -2.22. The molecule has 0 atom stereocenters. The molecule has 2 rings (SSSR count). The summed E-state index contributed by atoms with van der Waals surface area (Å²) in [5.41, 5.74) is 0.726. The average Bonchev–Trinajstić information content (AvgIpc) is 2.41. The van der Waals surface area contributed by atoms with Gasteiger partial charge in [-0.15, -0.1) is 0 Å². The van der Waals surface area contributed by atoms with Crippen LogP contribution in [0.15, 0.2) is 24.5 Å². The van der Waals surface area contributed by atoms with Gasteiger partial charge in [-0.3, -0.25) is 9.78 Å². The maximum atomic E-state index is 11.6. The number of aromatic nitrogens is 1. The Balaban J connectivity index is 1.62. The van der Waals surface area contributed by atoms with Gasteiger partial charge in [-0.25, -0.2) is 0 Å². The molecule has 18 heavy (non-hydrogen) atoms. The zero-order valence-electron chi connectivity index (χ0n) is 10.4. The van der Waals surface area contributed by atoms with Crippen molar-refractivity contribution >= 4 is 11.6 Å². The van der Waals surface area contributed by atoms with E-state index in [-0.39, 0.29) is 5.91 Å². The lowest BCUT2D eigenvalue weighted by Crippen LogP contribution is -2.33. The molecular weight excluding hydrogens is 230 g/mol. The van der Waals surface area contributed by atoms with Crippen LogP contribution in [0.3, 0.4) is 0 Å². The Kier molecular flexibility index (Phi) is 5.11. The first-order chi connectivity index (χ1) is 8.84. The summed E-state index contributed by atoms with van der Waals surface area (Å²) in [5.74, 6) is -0.0306. The third-order valence-electron chi connectivity index (χ3n) is 2.91. The number of nitrogens with zero attached hydrogens (tertiary/aromatic N) is 1. The minimum atomic E-state index is -0.0306. The molecule has 5 heteroatoms. The van der Waals surface area contributed by atoms with Crippen molar-refractivity contribution in [2.75, 3.05) is 25.0 Å². The van der Waals surface area contributed by atoms with Crippen molar-refractivity contribution in [1.82, 2.24) is 10.3 Å². The van der Waals surface area contributed by atoms with Crippen LogP contribution in [0.1, 0.15) is 19.3 Å². The van der Waals surface area contributed by atoms with Crippen LogP contribution in [-0.2, 0) is 9.53 Å². The van der Waals surface area contributed by atoms with E-state index in [1.807, 2.05) is 6.07 Å². The number of hydrogen-bond acceptors (Lipinski definition) is 4. The van der Waals surface area contributed by atoms with Crippen LogP contribution in [-0.4, -0.2) is 36.7 Å². The van der Waals surface area contributed by atoms with Crippen molar-refractivity contribution in [3.63, 3.8) is 0 Å². The first-order valence-corrected chi connectivity index (χ1v) is 6.37. The molecule has 1 amide bonds. The number of amides is 1. The van der Waals surface area contributed by atoms with Gasteiger partial charge in [0.15, 0.2) is 0 Å². The second-order valence-corrected chi connectivity index (χ2v) is 4.36. The highest BCUT2D eigenvalue weighted by Crippen LogP contribution is 2.08. The highest BCUT2D eigenvalue weighted by Gasteiger charge is 2.13. The normalized spacial score (nSPS) is 16.4. The van der Waals surface area contributed by atoms with Gasteiger partial charge >= 0.3 is 0 Å². The SMILES string of the molecule is O=C(CCOC1CCNCC1)Nc1cccnc1. The van der Waals surface area contributed by atoms with E-state index < -0.39 is 0 Å². The van der Waals surface area contributed by atoms with Gasteiger partial charge in [0.2, 0.25) is 5.91 Å². The minimum Gasteiger partial charge on any atom is -0.378 e. The predicted octanol–water partition coefficient (Wildman–Crippen LogP) is 1.18. The van der Waals surface area contributed by atoms with Crippen molar-refractivity contribution in [2.45, 2.75) is 25.4 Å². The van der Waals surface area contributed by atoms with Gasteiger partial charge in [-0.2, -0.15) is 0 Å². The van der Waals surface area contributed by atoms with Crippen LogP contribution < -0.4 is 10.6 Å². The molecular formula is C13H19N3O2. The highest BCUT2D eigenvalue weighted by molar-refractivity contribution is 5.90. The van der Waals surface area contributed by atoms with Gasteiger partial charge in [-0.1, -0.05) is 0 Å². The molecule has 0 aliphatic carbocycles. The number of nitrogens with one attached hydrogen (secondary N) is 2. The van der Waals surface area contributed by atoms with Crippen LogP contribution in [0.4, 0.5) is 5.69 Å². The van der Waals surface area contributed by atoms with Gasteiger partial charge in [-0.05, 0) is 38.1 Å². The number of ether oxygens (including phenoxy) is 1. The maximum Gasteiger partial charge on any atom is 0.226 e. The molecule has 0 bridgehead atoms. The number of carbonyl (C=O) groups excluding carboxylic acids is 1. The Labute approximate surface area is 107 Å². The van der Waals surface area contributed by atoms with Crippen LogP contribution in [0, 0.1) is 0 Å². The molecule has 0 radical (unpaired) electrons. The lowest BCUT2D eigenvalue weighted by molar-refractivity contribution is -0.117. The highest BCUT2D eigenvalue weighted by atomic mass is 16.5. The van der Waals surface area contributed by atoms with E-state index in [4.69, 9.17) is 4.74 Å². The van der Waals surface area contributed by atoms with Crippen molar-refractivity contribution in [2.24, 2.45) is 0 Å². The number of hydrogen-bond donors (Lipinski definition) is 2. The molecule has 1 fully saturated rings. The molecule has 1 saturated heterocycles. The molecule has 5 nitrogen and oxygen atoms in total. The van der Waals surface area contributed by atoms with Crippen LogP contribution in [0.2, 0.25) is 0 Å². The summed E-state index contributed by atoms with van der Waals surface area (Å²) < 4.78 is 5.67. The van der Waals surface area contributed by atoms with Gasteiger partial charge in [0, 0.05) is 6.20 Å². The summed E-state index contributed by atoms with van der Waals surface area (Å²) >= 11 is 0. The molecule has 1 aromatic heterocycles. The van der Waals surface area contributed by atoms with Crippen molar-refractivity contribution in [1.29, 1.82) is 0 Å². The molecule has 1 aromatic rings. The van der Waals surface area contributed by atoms with Crippen LogP contribution in [0.25, 0.3) is 0 Å². The van der Waals surface area contributed by atoms with Gasteiger partial charge in [0.05, 0.1) is 31.0 Å². The molecule has 0 aromatic carbocycles. The Morgan fingerprint density at radius 3 is 3.06 bits per heavy atom. The zero-order valence-corrected chi connectivity index (χ0v) is 10.4. The monoisotopic (exact) mass is 249 g/mol. The fourth-order valence-corrected chi connectivity index (χ4v) is 1.94. The summed E-state index contributed by atoms with van der Waals surface area (Å²) in [7, 11) is 0. The van der Waals surface area contributed by atoms with Crippen LogP contribution in [0.5, 0.6) is 0 Å². The molecule has 0 saturated carbocycles. The third-order valence-corrected chi connectivity index (χ3v) is 2.91. The Morgan fingerprint density at radius 1 is 1.50 bits per heavy atom. The number of anilines is 1. The molecule has 98 valence electrons. The molecule has 2 heterocycles. The van der Waals surface area contributed by atoms with Gasteiger partial charge < -0.3 is 15.4 Å². The standard InChI is InChI=1S/C13H19N3O2/c17-13(16-11-2-1-6-15-10-11)5-9-18-12-3-7-14-8-4-12/h1-2,6,10,12,14H,3-5,7-9H2,(H,16,17). The second-order valence-electron chi connectivity index (χ2n) is 4.36. The van der Waals surface area contributed by atoms with Crippen LogP contribution >= 0.6 is 0 Å². The summed E-state index contributed by atoms with van der Waals surface area (Å²) in [6, 6.07) is 3.61. The first kappa shape index (κ1) is 13.0. The number of carbonyl (C=O) groups is 1. The van der Waals surface area contributed by atoms with Crippen molar-refractivity contribution in [3.8, 4) is 0 Å². The second kappa shape index (κ2) is 7.08. The molecule has 2 N–H and O–H groups in total. The zero-order chi connectivity index (χ0) is 12.6. The topological polar surface area (TPSA) is 63.2 Å². The Morgan fingerprint density at radius 2 is 2.33 bits per heavy atom. The van der Waals surface area contributed by atoms with Gasteiger partial charge in [0.25, 0.3) is 0 Å². The number of pyridine rings is 1. The van der Waals surface area contributed by atoms with E-state index in [9.17, 15) is 4.79 Å². The minimum absolute atomic E-state index is 0.0306. The van der Waals surface area contributed by atoms with Crippen molar-refractivity contribution < 1.29 is 9.53 Å². The fraction of sp³-hybridized carbons (Fsp3) is 0.538. The Hall–Kier alpha value is -1.46. The van der Waals surface area contributed by atoms with E-state index in [1.165, 1.54) is 0 Å². The molecule has 0 unspecified atom stereocenters.